The predicted molar refractivity (Wildman–Crippen MR) is 98.1 cm³/mol. The number of ether oxygens (including phenoxy) is 1. The molecule has 9 heteroatoms. The van der Waals surface area contributed by atoms with Crippen molar-refractivity contribution in [2.24, 2.45) is 0 Å². The Morgan fingerprint density at radius 3 is 2.39 bits per heavy atom. The molecule has 1 aliphatic heterocycles. The molecule has 0 N–H and O–H groups in total. The van der Waals surface area contributed by atoms with Crippen LogP contribution in [0.4, 0.5) is 13.2 Å². The fourth-order valence-electron chi connectivity index (χ4n) is 3.45. The number of benzene rings is 1. The van der Waals surface area contributed by atoms with Gasteiger partial charge in [-0.3, -0.25) is 4.79 Å². The molecule has 0 saturated heterocycles. The van der Waals surface area contributed by atoms with E-state index in [9.17, 15) is 26.4 Å². The lowest BCUT2D eigenvalue weighted by Crippen LogP contribution is -2.31. The van der Waals surface area contributed by atoms with Crippen LogP contribution in [0.3, 0.4) is 0 Å². The van der Waals surface area contributed by atoms with Crippen LogP contribution in [0.5, 0.6) is 0 Å². The van der Waals surface area contributed by atoms with E-state index in [1.165, 1.54) is 0 Å². The highest BCUT2D eigenvalue weighted by molar-refractivity contribution is 7.89. The second-order valence-corrected chi connectivity index (χ2v) is 8.79. The van der Waals surface area contributed by atoms with Crippen LogP contribution in [0.2, 0.25) is 0 Å². The minimum Gasteiger partial charge on any atom is -0.469 e. The number of alkyl halides is 3. The lowest BCUT2D eigenvalue weighted by atomic mass is 10.0. The van der Waals surface area contributed by atoms with Gasteiger partial charge in [-0.2, -0.15) is 17.5 Å². The van der Waals surface area contributed by atoms with Gasteiger partial charge in [0.2, 0.25) is 10.0 Å². The summed E-state index contributed by atoms with van der Waals surface area (Å²) in [6.07, 6.45) is 0.721. The second-order valence-electron chi connectivity index (χ2n) is 6.93. The summed E-state index contributed by atoms with van der Waals surface area (Å²) in [6, 6.07) is 1.60. The van der Waals surface area contributed by atoms with E-state index >= 15 is 0 Å². The van der Waals surface area contributed by atoms with Gasteiger partial charge in [0.25, 0.3) is 0 Å². The molecule has 0 fully saturated rings. The highest BCUT2D eigenvalue weighted by atomic mass is 32.2. The van der Waals surface area contributed by atoms with Gasteiger partial charge < -0.3 is 4.74 Å². The Hall–Kier alpha value is -1.61. The zero-order valence-electron chi connectivity index (χ0n) is 16.1. The summed E-state index contributed by atoms with van der Waals surface area (Å²) in [5.74, 6) is -0.668. The molecule has 0 amide bonds. The van der Waals surface area contributed by atoms with Gasteiger partial charge in [-0.25, -0.2) is 8.42 Å². The average Bonchev–Trinajstić information content (AvgIpc) is 2.84. The fourth-order valence-corrected chi connectivity index (χ4v) is 5.32. The van der Waals surface area contributed by atoms with Crippen LogP contribution in [0, 0.1) is 0 Å². The molecule has 0 unspecified atom stereocenters. The van der Waals surface area contributed by atoms with Gasteiger partial charge in [-0.15, -0.1) is 0 Å². The first-order valence-electron chi connectivity index (χ1n) is 9.42. The minimum absolute atomic E-state index is 0.00575. The Balaban J connectivity index is 2.28. The molecule has 0 spiro atoms. The number of unbranched alkanes of at least 4 members (excludes halogenated alkanes) is 5. The first-order chi connectivity index (χ1) is 13.1. The van der Waals surface area contributed by atoms with Crippen LogP contribution < -0.4 is 0 Å². The lowest BCUT2D eigenvalue weighted by Gasteiger charge is -2.23. The number of halogens is 3. The van der Waals surface area contributed by atoms with Crippen LogP contribution in [-0.2, 0) is 25.7 Å². The first kappa shape index (κ1) is 22.7. The zero-order chi connectivity index (χ0) is 20.9. The highest BCUT2D eigenvalue weighted by Crippen LogP contribution is 2.44. The van der Waals surface area contributed by atoms with Crippen LogP contribution >= 0.6 is 0 Å². The third-order valence-electron chi connectivity index (χ3n) is 4.95. The van der Waals surface area contributed by atoms with E-state index in [0.717, 1.165) is 61.7 Å². The highest BCUT2D eigenvalue weighted by Gasteiger charge is 2.44. The quantitative estimate of drug-likeness (QED) is 0.429. The molecule has 28 heavy (non-hydrogen) atoms. The molecular weight excluding hydrogens is 395 g/mol. The molecule has 1 heterocycles. The largest absolute Gasteiger partial charge is 0.469 e. The van der Waals surface area contributed by atoms with E-state index in [2.05, 4.69) is 11.7 Å². The number of carbonyl (C=O) groups excluding carboxylic acids is 1. The number of carbonyl (C=O) groups is 1. The number of esters is 1. The molecule has 0 aromatic heterocycles. The number of hydrogen-bond acceptors (Lipinski definition) is 4. The summed E-state index contributed by atoms with van der Waals surface area (Å²) >= 11 is 0. The molecule has 158 valence electrons. The Kier molecular flexibility index (Phi) is 7.50. The first-order valence-corrected chi connectivity index (χ1v) is 10.9. The molecular formula is C19H26F3NO4S. The van der Waals surface area contributed by atoms with Crippen molar-refractivity contribution in [3.05, 3.63) is 29.3 Å². The van der Waals surface area contributed by atoms with Crippen molar-refractivity contribution in [2.75, 3.05) is 13.7 Å². The average molecular weight is 421 g/mol. The van der Waals surface area contributed by atoms with E-state index in [-0.39, 0.29) is 23.4 Å². The summed E-state index contributed by atoms with van der Waals surface area (Å²) in [7, 11) is -2.79. The lowest BCUT2D eigenvalue weighted by molar-refractivity contribution is -0.141. The van der Waals surface area contributed by atoms with Crippen molar-refractivity contribution < 1.29 is 31.1 Å². The number of rotatable bonds is 9. The van der Waals surface area contributed by atoms with E-state index in [4.69, 9.17) is 0 Å². The van der Waals surface area contributed by atoms with Crippen molar-refractivity contribution in [2.45, 2.75) is 69.0 Å². The summed E-state index contributed by atoms with van der Waals surface area (Å²) < 4.78 is 70.8. The Morgan fingerprint density at radius 2 is 1.79 bits per heavy atom. The van der Waals surface area contributed by atoms with Crippen molar-refractivity contribution in [1.82, 2.24) is 4.31 Å². The number of fused-ring (bicyclic) bond motifs is 1. The van der Waals surface area contributed by atoms with Crippen molar-refractivity contribution in [3.8, 4) is 0 Å². The number of hydrogen-bond donors (Lipinski definition) is 0. The molecule has 0 saturated carbocycles. The standard InChI is InChI=1S/C19H26F3NO4S/c1-3-4-5-6-7-8-11-23-16(13-18(24)27-2)15-12-14(19(20,21)22)9-10-17(15)28(23,25)26/h9-10,12,16H,3-8,11,13H2,1-2H3/t16-/m0/s1. The third-order valence-corrected chi connectivity index (χ3v) is 6.93. The Labute approximate surface area is 163 Å². The predicted octanol–water partition coefficient (Wildman–Crippen LogP) is 4.67. The maximum atomic E-state index is 13.1. The van der Waals surface area contributed by atoms with Crippen molar-refractivity contribution >= 4 is 16.0 Å². The summed E-state index contributed by atoms with van der Waals surface area (Å²) in [4.78, 5) is 11.6. The van der Waals surface area contributed by atoms with Gasteiger partial charge in [-0.1, -0.05) is 39.0 Å². The van der Waals surface area contributed by atoms with E-state index in [1.54, 1.807) is 0 Å². The van der Waals surface area contributed by atoms with Gasteiger partial charge in [0.1, 0.15) is 0 Å². The number of sulfonamides is 1. The van der Waals surface area contributed by atoms with Gasteiger partial charge in [0, 0.05) is 6.54 Å². The maximum Gasteiger partial charge on any atom is 0.416 e. The minimum atomic E-state index is -4.60. The summed E-state index contributed by atoms with van der Waals surface area (Å²) in [5.41, 5.74) is -0.927. The third kappa shape index (κ3) is 5.05. The fraction of sp³-hybridized carbons (Fsp3) is 0.632. The molecule has 1 atom stereocenters. The molecule has 0 radical (unpaired) electrons. The number of nitrogens with zero attached hydrogens (tertiary/aromatic N) is 1. The Bertz CT molecular complexity index is 793. The molecule has 2 rings (SSSR count). The maximum absolute atomic E-state index is 13.1. The summed E-state index contributed by atoms with van der Waals surface area (Å²) in [6.45, 7) is 2.26. The van der Waals surface area contributed by atoms with E-state index < -0.39 is 33.8 Å². The molecule has 1 aliphatic rings. The SMILES string of the molecule is CCCCCCCCN1[C@@H](CC(=O)OC)c2cc(C(F)(F)F)ccc2S1(=O)=O. The van der Waals surface area contributed by atoms with Gasteiger partial charge >= 0.3 is 12.1 Å². The van der Waals surface area contributed by atoms with Gasteiger partial charge in [-0.05, 0) is 30.2 Å². The van der Waals surface area contributed by atoms with Crippen LogP contribution in [0.25, 0.3) is 0 Å². The van der Waals surface area contributed by atoms with E-state index in [1.807, 2.05) is 0 Å². The topological polar surface area (TPSA) is 63.7 Å². The smallest absolute Gasteiger partial charge is 0.416 e. The van der Waals surface area contributed by atoms with Crippen molar-refractivity contribution in [1.29, 1.82) is 0 Å². The van der Waals surface area contributed by atoms with Crippen LogP contribution in [-0.4, -0.2) is 32.3 Å². The number of methoxy groups -OCH3 is 1. The van der Waals surface area contributed by atoms with Crippen molar-refractivity contribution in [3.63, 3.8) is 0 Å². The van der Waals surface area contributed by atoms with E-state index in [0.29, 0.717) is 6.42 Å². The molecule has 0 aliphatic carbocycles. The van der Waals surface area contributed by atoms with Crippen LogP contribution in [0.1, 0.15) is 69.0 Å². The molecule has 0 bridgehead atoms. The molecule has 1 aromatic rings. The normalized spacial score (nSPS) is 18.8. The van der Waals surface area contributed by atoms with Gasteiger partial charge in [0.05, 0.1) is 30.0 Å². The molecule has 1 aromatic carbocycles. The molecule has 5 nitrogen and oxygen atoms in total. The zero-order valence-corrected chi connectivity index (χ0v) is 16.9. The summed E-state index contributed by atoms with van der Waals surface area (Å²) in [5, 5.41) is 0. The monoisotopic (exact) mass is 421 g/mol. The Morgan fingerprint density at radius 1 is 1.14 bits per heavy atom. The second kappa shape index (κ2) is 9.26. The van der Waals surface area contributed by atoms with Gasteiger partial charge in [0.15, 0.2) is 0 Å². The van der Waals surface area contributed by atoms with Crippen LogP contribution in [0.15, 0.2) is 23.1 Å².